The quantitative estimate of drug-likeness (QED) is 0.757. The van der Waals surface area contributed by atoms with E-state index in [9.17, 15) is 9.59 Å². The van der Waals surface area contributed by atoms with Crippen molar-refractivity contribution in [3.63, 3.8) is 0 Å². The third-order valence-corrected chi connectivity index (χ3v) is 3.99. The number of hydrogen-bond donors (Lipinski definition) is 3. The maximum atomic E-state index is 12.2. The summed E-state index contributed by atoms with van der Waals surface area (Å²) in [6.07, 6.45) is 5.89. The molecule has 0 atom stereocenters. The van der Waals surface area contributed by atoms with E-state index in [1.54, 1.807) is 6.07 Å². The number of nitrogens with one attached hydrogen (secondary N) is 3. The van der Waals surface area contributed by atoms with Gasteiger partial charge in [-0.1, -0.05) is 25.3 Å². The highest BCUT2D eigenvalue weighted by Crippen LogP contribution is 2.25. The zero-order chi connectivity index (χ0) is 15.8. The summed E-state index contributed by atoms with van der Waals surface area (Å²) in [7, 11) is 1.81. The Morgan fingerprint density at radius 1 is 1.09 bits per heavy atom. The van der Waals surface area contributed by atoms with Gasteiger partial charge in [-0.2, -0.15) is 0 Å². The average molecular weight is 303 g/mol. The molecular formula is C17H25N3O2. The molecule has 120 valence electrons. The molecule has 1 aliphatic carbocycles. The zero-order valence-corrected chi connectivity index (χ0v) is 13.2. The third-order valence-electron chi connectivity index (χ3n) is 3.99. The van der Waals surface area contributed by atoms with Gasteiger partial charge in [-0.3, -0.25) is 9.59 Å². The van der Waals surface area contributed by atoms with Crippen molar-refractivity contribution in [3.05, 3.63) is 24.3 Å². The number of amides is 2. The Balaban J connectivity index is 1.90. The summed E-state index contributed by atoms with van der Waals surface area (Å²) in [5, 5.41) is 8.75. The predicted molar refractivity (Wildman–Crippen MR) is 88.8 cm³/mol. The van der Waals surface area contributed by atoms with Crippen molar-refractivity contribution in [2.45, 2.75) is 38.5 Å². The molecule has 0 saturated heterocycles. The Morgan fingerprint density at radius 2 is 1.77 bits per heavy atom. The largest absolute Gasteiger partial charge is 0.326 e. The van der Waals surface area contributed by atoms with Gasteiger partial charge in [0.1, 0.15) is 0 Å². The summed E-state index contributed by atoms with van der Waals surface area (Å²) in [5.41, 5.74) is 1.45. The van der Waals surface area contributed by atoms with Crippen LogP contribution in [0.5, 0.6) is 0 Å². The second kappa shape index (κ2) is 8.54. The smallest absolute Gasteiger partial charge is 0.227 e. The summed E-state index contributed by atoms with van der Waals surface area (Å²) < 4.78 is 0. The molecule has 0 bridgehead atoms. The van der Waals surface area contributed by atoms with Crippen LogP contribution in [-0.4, -0.2) is 25.4 Å². The van der Waals surface area contributed by atoms with Crippen molar-refractivity contribution >= 4 is 23.2 Å². The van der Waals surface area contributed by atoms with Crippen LogP contribution in [0.15, 0.2) is 24.3 Å². The van der Waals surface area contributed by atoms with E-state index in [0.717, 1.165) is 31.4 Å². The number of carbonyl (C=O) groups excluding carboxylic acids is 2. The maximum absolute atomic E-state index is 12.2. The first-order valence-electron chi connectivity index (χ1n) is 8.04. The molecule has 5 heteroatoms. The molecule has 2 rings (SSSR count). The van der Waals surface area contributed by atoms with Crippen molar-refractivity contribution in [1.82, 2.24) is 5.32 Å². The van der Waals surface area contributed by atoms with Crippen molar-refractivity contribution in [2.24, 2.45) is 5.92 Å². The van der Waals surface area contributed by atoms with E-state index in [-0.39, 0.29) is 17.7 Å². The zero-order valence-electron chi connectivity index (χ0n) is 13.2. The molecule has 0 heterocycles. The molecule has 5 nitrogen and oxygen atoms in total. The first kappa shape index (κ1) is 16.5. The second-order valence-electron chi connectivity index (χ2n) is 5.81. The minimum Gasteiger partial charge on any atom is -0.326 e. The third kappa shape index (κ3) is 5.15. The van der Waals surface area contributed by atoms with Crippen molar-refractivity contribution in [1.29, 1.82) is 0 Å². The van der Waals surface area contributed by atoms with Gasteiger partial charge in [0, 0.05) is 30.3 Å². The number of carbonyl (C=O) groups is 2. The molecule has 2 amide bonds. The Kier molecular flexibility index (Phi) is 6.40. The molecule has 0 aliphatic heterocycles. The van der Waals surface area contributed by atoms with E-state index in [2.05, 4.69) is 16.0 Å². The molecule has 1 fully saturated rings. The minimum absolute atomic E-state index is 0.0369. The van der Waals surface area contributed by atoms with Gasteiger partial charge >= 0.3 is 0 Å². The number of benzene rings is 1. The summed E-state index contributed by atoms with van der Waals surface area (Å²) in [4.78, 5) is 23.9. The lowest BCUT2D eigenvalue weighted by Crippen LogP contribution is -2.24. The van der Waals surface area contributed by atoms with Crippen molar-refractivity contribution in [2.75, 3.05) is 24.2 Å². The van der Waals surface area contributed by atoms with E-state index >= 15 is 0 Å². The van der Waals surface area contributed by atoms with Crippen LogP contribution in [0.2, 0.25) is 0 Å². The lowest BCUT2D eigenvalue weighted by atomic mass is 9.88. The fourth-order valence-electron chi connectivity index (χ4n) is 2.75. The molecule has 1 aromatic carbocycles. The van der Waals surface area contributed by atoms with Crippen LogP contribution < -0.4 is 16.0 Å². The van der Waals surface area contributed by atoms with Crippen LogP contribution in [0.4, 0.5) is 11.4 Å². The minimum atomic E-state index is -0.0369. The van der Waals surface area contributed by atoms with Gasteiger partial charge in [0.25, 0.3) is 0 Å². The fraction of sp³-hybridized carbons (Fsp3) is 0.529. The first-order valence-corrected chi connectivity index (χ1v) is 8.04. The highest BCUT2D eigenvalue weighted by Gasteiger charge is 2.21. The number of rotatable bonds is 6. The highest BCUT2D eigenvalue weighted by molar-refractivity contribution is 5.95. The molecule has 1 saturated carbocycles. The van der Waals surface area contributed by atoms with Crippen LogP contribution in [0.1, 0.15) is 38.5 Å². The van der Waals surface area contributed by atoms with E-state index < -0.39 is 0 Å². The second-order valence-corrected chi connectivity index (χ2v) is 5.81. The predicted octanol–water partition coefficient (Wildman–Crippen LogP) is 2.75. The van der Waals surface area contributed by atoms with Gasteiger partial charge in [0.2, 0.25) is 11.8 Å². The molecule has 0 aromatic heterocycles. The Hall–Kier alpha value is -1.88. The number of anilines is 2. The Bertz CT molecular complexity index is 510. The van der Waals surface area contributed by atoms with Crippen LogP contribution in [0.3, 0.4) is 0 Å². The van der Waals surface area contributed by atoms with Gasteiger partial charge < -0.3 is 16.0 Å². The standard InChI is InChI=1S/C17H25N3O2/c1-18-11-10-16(21)19-14-8-5-9-15(12-14)20-17(22)13-6-3-2-4-7-13/h5,8-9,12-13,18H,2-4,6-7,10-11H2,1H3,(H,19,21)(H,20,22). The molecule has 0 spiro atoms. The molecule has 1 aromatic rings. The molecule has 1 aliphatic rings. The van der Waals surface area contributed by atoms with Crippen molar-refractivity contribution < 1.29 is 9.59 Å². The monoisotopic (exact) mass is 303 g/mol. The summed E-state index contributed by atoms with van der Waals surface area (Å²) >= 11 is 0. The van der Waals surface area contributed by atoms with E-state index in [0.29, 0.717) is 18.7 Å². The average Bonchev–Trinajstić information content (AvgIpc) is 2.54. The van der Waals surface area contributed by atoms with Crippen LogP contribution in [0, 0.1) is 5.92 Å². The van der Waals surface area contributed by atoms with Gasteiger partial charge in [0.05, 0.1) is 0 Å². The fourth-order valence-corrected chi connectivity index (χ4v) is 2.75. The summed E-state index contributed by atoms with van der Waals surface area (Å²) in [6, 6.07) is 7.32. The van der Waals surface area contributed by atoms with E-state index in [4.69, 9.17) is 0 Å². The molecule has 0 radical (unpaired) electrons. The van der Waals surface area contributed by atoms with Crippen LogP contribution >= 0.6 is 0 Å². The Morgan fingerprint density at radius 3 is 2.45 bits per heavy atom. The van der Waals surface area contributed by atoms with Gasteiger partial charge in [-0.25, -0.2) is 0 Å². The molecule has 3 N–H and O–H groups in total. The summed E-state index contributed by atoms with van der Waals surface area (Å²) in [5.74, 6) is 0.186. The Labute approximate surface area is 131 Å². The van der Waals surface area contributed by atoms with Gasteiger partial charge in [-0.05, 0) is 38.1 Å². The van der Waals surface area contributed by atoms with Crippen molar-refractivity contribution in [3.8, 4) is 0 Å². The lowest BCUT2D eigenvalue weighted by Gasteiger charge is -2.20. The maximum Gasteiger partial charge on any atom is 0.227 e. The highest BCUT2D eigenvalue weighted by atomic mass is 16.2. The topological polar surface area (TPSA) is 70.2 Å². The van der Waals surface area contributed by atoms with E-state index in [1.165, 1.54) is 6.42 Å². The normalized spacial score (nSPS) is 15.3. The molecule has 22 heavy (non-hydrogen) atoms. The van der Waals surface area contributed by atoms with E-state index in [1.807, 2.05) is 25.2 Å². The van der Waals surface area contributed by atoms with Gasteiger partial charge in [-0.15, -0.1) is 0 Å². The van der Waals surface area contributed by atoms with Crippen LogP contribution in [0.25, 0.3) is 0 Å². The number of hydrogen-bond acceptors (Lipinski definition) is 3. The van der Waals surface area contributed by atoms with Crippen LogP contribution in [-0.2, 0) is 9.59 Å². The molecule has 0 unspecified atom stereocenters. The lowest BCUT2D eigenvalue weighted by molar-refractivity contribution is -0.120. The van der Waals surface area contributed by atoms with Gasteiger partial charge in [0.15, 0.2) is 0 Å². The molecular weight excluding hydrogens is 278 g/mol. The first-order chi connectivity index (χ1) is 10.7. The SMILES string of the molecule is CNCCC(=O)Nc1cccc(NC(=O)C2CCCCC2)c1. The summed E-state index contributed by atoms with van der Waals surface area (Å²) in [6.45, 7) is 0.643.